The summed E-state index contributed by atoms with van der Waals surface area (Å²) >= 11 is 0. The van der Waals surface area contributed by atoms with E-state index in [4.69, 9.17) is 32.3 Å². The van der Waals surface area contributed by atoms with Gasteiger partial charge in [0, 0.05) is 19.3 Å². The number of aliphatic hydroxyl groups excluding tert-OH is 2. The molecule has 0 spiro atoms. The Morgan fingerprint density at radius 1 is 0.287 bits per heavy atom. The first-order valence-corrected chi connectivity index (χ1v) is 41.8. The van der Waals surface area contributed by atoms with Gasteiger partial charge in [-0.05, 0) is 148 Å². The molecule has 0 aliphatic carbocycles. The fraction of sp³-hybridized carbons (Fsp3) is 0.651. The summed E-state index contributed by atoms with van der Waals surface area (Å²) in [7, 11) is -9.81. The van der Waals surface area contributed by atoms with E-state index in [1.165, 1.54) is 38.5 Å². The summed E-state index contributed by atoms with van der Waals surface area (Å²) < 4.78 is 61.1. The van der Waals surface area contributed by atoms with E-state index in [2.05, 4.69) is 179 Å². The molecular weight excluding hydrogens is 1310 g/mol. The van der Waals surface area contributed by atoms with Crippen molar-refractivity contribution in [2.45, 2.75) is 309 Å². The highest BCUT2D eigenvalue weighted by Gasteiger charge is 2.29. The van der Waals surface area contributed by atoms with E-state index in [1.54, 1.807) is 0 Å². The number of hydrogen-bond donors (Lipinski definition) is 4. The second kappa shape index (κ2) is 74.9. The minimum Gasteiger partial charge on any atom is -0.463 e. The number of unbranched alkanes of at least 4 members (excludes halogenated alkanes) is 23. The summed E-state index contributed by atoms with van der Waals surface area (Å²) in [5.41, 5.74) is 0. The van der Waals surface area contributed by atoms with Crippen molar-refractivity contribution in [3.05, 3.63) is 158 Å². The first-order chi connectivity index (χ1) is 49.2. The van der Waals surface area contributed by atoms with Crippen LogP contribution < -0.4 is 0 Å². The van der Waals surface area contributed by atoms with Crippen LogP contribution in [0.4, 0.5) is 0 Å². The van der Waals surface area contributed by atoms with Gasteiger partial charge in [0.25, 0.3) is 0 Å². The molecule has 0 bridgehead atoms. The first kappa shape index (κ1) is 96.2. The second-order valence-electron chi connectivity index (χ2n) is 25.4. The maximum atomic E-state index is 13.0. The third-order valence-corrected chi connectivity index (χ3v) is 17.6. The third-order valence-electron chi connectivity index (χ3n) is 15.7. The fourth-order valence-corrected chi connectivity index (χ4v) is 11.5. The second-order valence-corrected chi connectivity index (χ2v) is 28.3. The van der Waals surface area contributed by atoms with Crippen LogP contribution in [0, 0.1) is 0 Å². The molecule has 0 aliphatic rings. The Morgan fingerprint density at radius 3 is 0.842 bits per heavy atom. The Morgan fingerprint density at radius 2 is 0.525 bits per heavy atom. The number of allylic oxidation sites excluding steroid dienone is 26. The van der Waals surface area contributed by atoms with Crippen LogP contribution in [0.3, 0.4) is 0 Å². The van der Waals surface area contributed by atoms with Gasteiger partial charge in [0.15, 0.2) is 6.10 Å². The molecule has 0 rings (SSSR count). The number of carbonyl (C=O) groups is 3. The number of hydrogen-bond acceptors (Lipinski definition) is 14. The quantitative estimate of drug-likeness (QED) is 0.0146. The maximum absolute atomic E-state index is 13.0. The predicted molar refractivity (Wildman–Crippen MR) is 417 cm³/mol. The summed E-state index contributed by atoms with van der Waals surface area (Å²) in [6, 6.07) is 0. The predicted octanol–water partition coefficient (Wildman–Crippen LogP) is 22.6. The van der Waals surface area contributed by atoms with Gasteiger partial charge in [-0.15, -0.1) is 0 Å². The molecule has 16 nitrogen and oxygen atoms in total. The summed E-state index contributed by atoms with van der Waals surface area (Å²) in [5, 5.41) is 20.6. The molecule has 0 aromatic heterocycles. The number of phosphoric acid groups is 2. The van der Waals surface area contributed by atoms with Crippen molar-refractivity contribution in [2.24, 2.45) is 0 Å². The minimum atomic E-state index is -4.94. The lowest BCUT2D eigenvalue weighted by molar-refractivity contribution is -0.161. The number of ether oxygens (including phenoxy) is 3. The molecule has 101 heavy (non-hydrogen) atoms. The van der Waals surface area contributed by atoms with Gasteiger partial charge >= 0.3 is 33.6 Å². The van der Waals surface area contributed by atoms with Gasteiger partial charge < -0.3 is 34.2 Å². The van der Waals surface area contributed by atoms with E-state index >= 15 is 0 Å². The van der Waals surface area contributed by atoms with Gasteiger partial charge in [0.05, 0.1) is 26.4 Å². The van der Waals surface area contributed by atoms with Crippen molar-refractivity contribution in [1.82, 2.24) is 0 Å². The van der Waals surface area contributed by atoms with Crippen LogP contribution in [-0.4, -0.2) is 95.9 Å². The van der Waals surface area contributed by atoms with Crippen molar-refractivity contribution in [3.8, 4) is 0 Å². The molecule has 4 N–H and O–H groups in total. The van der Waals surface area contributed by atoms with Crippen LogP contribution in [0.1, 0.15) is 290 Å². The highest BCUT2D eigenvalue weighted by Crippen LogP contribution is 2.45. The molecule has 0 aliphatic heterocycles. The molecule has 0 radical (unpaired) electrons. The summed E-state index contributed by atoms with van der Waals surface area (Å²) in [6.07, 6.45) is 92.8. The lowest BCUT2D eigenvalue weighted by Crippen LogP contribution is -2.30. The monoisotopic (exact) mass is 1450 g/mol. The van der Waals surface area contributed by atoms with E-state index in [0.29, 0.717) is 19.3 Å². The van der Waals surface area contributed by atoms with E-state index in [1.807, 2.05) is 0 Å². The van der Waals surface area contributed by atoms with E-state index in [9.17, 15) is 43.5 Å². The number of esters is 3. The molecule has 5 unspecified atom stereocenters. The molecule has 576 valence electrons. The van der Waals surface area contributed by atoms with Gasteiger partial charge in [0.2, 0.25) is 0 Å². The first-order valence-electron chi connectivity index (χ1n) is 38.8. The topological polar surface area (TPSA) is 231 Å². The van der Waals surface area contributed by atoms with E-state index < -0.39 is 91.5 Å². The molecule has 5 atom stereocenters. The van der Waals surface area contributed by atoms with E-state index in [0.717, 1.165) is 193 Å². The molecule has 0 amide bonds. The number of rotatable bonds is 72. The average molecular weight is 1450 g/mol. The van der Waals surface area contributed by atoms with Gasteiger partial charge in [-0.3, -0.25) is 32.5 Å². The third kappa shape index (κ3) is 76.1. The SMILES string of the molecule is CC/C=C\C/C=C\C/C=C\C/C=C\C/C=C\C/C=C\CCCCCCCCC(=O)OCC(O)COP(=O)(O)OCC(O)COP(=O)(O)OCC(COC(=O)CCCCCCCC/C=C\C/C=C\C/C=C\C/C=C\C/C=C\C/C=C\CC)OC(=O)CCCCCCC/C=C\CCCCCCCC. The van der Waals surface area contributed by atoms with Crippen LogP contribution in [0.2, 0.25) is 0 Å². The molecule has 0 aromatic rings. The van der Waals surface area contributed by atoms with Gasteiger partial charge in [-0.2, -0.15) is 0 Å². The molecular formula is C83H138O16P2. The maximum Gasteiger partial charge on any atom is 0.472 e. The van der Waals surface area contributed by atoms with Crippen LogP contribution >= 0.6 is 15.6 Å². The summed E-state index contributed by atoms with van der Waals surface area (Å²) in [5.74, 6) is -1.62. The number of aliphatic hydroxyl groups is 2. The Labute approximate surface area is 612 Å². The Kier molecular flexibility index (Phi) is 71.3. The number of phosphoric ester groups is 2. The van der Waals surface area contributed by atoms with Crippen molar-refractivity contribution in [1.29, 1.82) is 0 Å². The van der Waals surface area contributed by atoms with Crippen LogP contribution in [-0.2, 0) is 55.8 Å². The highest BCUT2D eigenvalue weighted by molar-refractivity contribution is 7.47. The van der Waals surface area contributed by atoms with Gasteiger partial charge in [-0.1, -0.05) is 281 Å². The van der Waals surface area contributed by atoms with Crippen molar-refractivity contribution in [3.63, 3.8) is 0 Å². The Balaban J connectivity index is 4.66. The lowest BCUT2D eigenvalue weighted by Gasteiger charge is -2.21. The highest BCUT2D eigenvalue weighted by atomic mass is 31.2. The lowest BCUT2D eigenvalue weighted by atomic mass is 10.1. The van der Waals surface area contributed by atoms with Gasteiger partial charge in [-0.25, -0.2) is 9.13 Å². The zero-order valence-corrected chi connectivity index (χ0v) is 64.6. The minimum absolute atomic E-state index is 0.0864. The Bertz CT molecular complexity index is 2470. The average Bonchev–Trinajstić information content (AvgIpc) is 1.19. The summed E-state index contributed by atoms with van der Waals surface area (Å²) in [4.78, 5) is 58.6. The molecule has 0 fully saturated rings. The fourth-order valence-electron chi connectivity index (χ4n) is 9.87. The van der Waals surface area contributed by atoms with Crippen LogP contribution in [0.25, 0.3) is 0 Å². The van der Waals surface area contributed by atoms with Crippen molar-refractivity contribution >= 4 is 33.6 Å². The zero-order chi connectivity index (χ0) is 73.7. The van der Waals surface area contributed by atoms with Crippen molar-refractivity contribution < 1.29 is 75.8 Å². The molecule has 0 aromatic carbocycles. The molecule has 0 saturated carbocycles. The largest absolute Gasteiger partial charge is 0.472 e. The smallest absolute Gasteiger partial charge is 0.463 e. The standard InChI is InChI=1S/C83H138O16P2/c1-4-7-10-13-16-19-22-25-28-30-32-34-36-38-40-42-44-46-49-51-54-57-60-63-66-69-81(86)93-72-78(84)73-95-100(89,90)96-74-79(85)75-97-101(91,92)98-77-80(99-83(88)71-68-65-62-59-56-53-48-27-24-21-18-15-12-9-6-3)76-94-82(87)70-67-64-61-58-55-52-50-47-45-43-41-39-37-35-33-31-29-26-23-20-17-14-11-8-5-2/h7-8,10-11,16-17,19-20,25-29,32-35,38-41,44-48,78-80,84-85H,4-6,9,12-15,18,21-24,30-31,36-37,42-43,49-77H2,1-3H3,(H,89,90)(H,91,92)/b10-7-,11-8-,19-16-,20-17-,28-25-,29-26-,34-32-,35-33-,40-38-,41-39-,46-44-,47-45-,48-27-. The van der Waals surface area contributed by atoms with Gasteiger partial charge in [0.1, 0.15) is 25.4 Å². The number of carbonyl (C=O) groups excluding carboxylic acids is 3. The zero-order valence-electron chi connectivity index (χ0n) is 62.8. The normalized spacial score (nSPS) is 14.9. The van der Waals surface area contributed by atoms with Crippen LogP contribution in [0.15, 0.2) is 158 Å². The Hall–Kier alpha value is -4.83. The van der Waals surface area contributed by atoms with Crippen molar-refractivity contribution in [2.75, 3.05) is 39.6 Å². The van der Waals surface area contributed by atoms with E-state index in [-0.39, 0.29) is 19.3 Å². The molecule has 0 heterocycles. The molecule has 0 saturated heterocycles. The molecule has 18 heteroatoms. The summed E-state index contributed by atoms with van der Waals surface area (Å²) in [6.45, 7) is 2.39. The van der Waals surface area contributed by atoms with Crippen LogP contribution in [0.5, 0.6) is 0 Å².